The SMILES string of the molecule is CO[C@H](C(=O)NCCc1cnccn1)c1ccccc1. The van der Waals surface area contributed by atoms with Gasteiger partial charge in [0.15, 0.2) is 6.10 Å². The highest BCUT2D eigenvalue weighted by atomic mass is 16.5. The molecule has 5 nitrogen and oxygen atoms in total. The Hall–Kier alpha value is -2.27. The number of carbonyl (C=O) groups is 1. The van der Waals surface area contributed by atoms with Crippen LogP contribution in [0.3, 0.4) is 0 Å². The number of hydrogen-bond acceptors (Lipinski definition) is 4. The van der Waals surface area contributed by atoms with Gasteiger partial charge in [-0.15, -0.1) is 0 Å². The third-order valence-corrected chi connectivity index (χ3v) is 2.87. The average Bonchev–Trinajstić information content (AvgIpc) is 2.50. The summed E-state index contributed by atoms with van der Waals surface area (Å²) in [5, 5.41) is 2.85. The second kappa shape index (κ2) is 7.35. The molecular formula is C15H17N3O2. The first-order chi connectivity index (χ1) is 9.81. The van der Waals surface area contributed by atoms with E-state index in [9.17, 15) is 4.79 Å². The predicted octanol–water partition coefficient (Wildman–Crippen LogP) is 1.52. The van der Waals surface area contributed by atoms with Gasteiger partial charge in [0.1, 0.15) is 0 Å². The van der Waals surface area contributed by atoms with Crippen LogP contribution in [-0.4, -0.2) is 29.5 Å². The first kappa shape index (κ1) is 14.1. The van der Waals surface area contributed by atoms with Crippen LogP contribution in [0.2, 0.25) is 0 Å². The van der Waals surface area contributed by atoms with Gasteiger partial charge in [0.25, 0.3) is 5.91 Å². The molecule has 0 unspecified atom stereocenters. The summed E-state index contributed by atoms with van der Waals surface area (Å²) in [7, 11) is 1.53. The second-order valence-electron chi connectivity index (χ2n) is 4.26. The number of carbonyl (C=O) groups excluding carboxylic acids is 1. The summed E-state index contributed by atoms with van der Waals surface area (Å²) in [6.45, 7) is 0.504. The van der Waals surface area contributed by atoms with Gasteiger partial charge in [-0.2, -0.15) is 0 Å². The number of ether oxygens (including phenoxy) is 1. The zero-order chi connectivity index (χ0) is 14.2. The Bertz CT molecular complexity index is 531. The molecule has 0 aliphatic rings. The lowest BCUT2D eigenvalue weighted by molar-refractivity contribution is -0.131. The Kier molecular flexibility index (Phi) is 5.20. The van der Waals surface area contributed by atoms with Gasteiger partial charge in [-0.25, -0.2) is 0 Å². The summed E-state index contributed by atoms with van der Waals surface area (Å²) in [5.74, 6) is -0.150. The fourth-order valence-electron chi connectivity index (χ4n) is 1.89. The normalized spacial score (nSPS) is 11.8. The van der Waals surface area contributed by atoms with Crippen LogP contribution in [0, 0.1) is 0 Å². The summed E-state index contributed by atoms with van der Waals surface area (Å²) in [4.78, 5) is 20.2. The molecule has 2 rings (SSSR count). The average molecular weight is 271 g/mol. The van der Waals surface area contributed by atoms with Crippen molar-refractivity contribution in [1.29, 1.82) is 0 Å². The topological polar surface area (TPSA) is 64.1 Å². The van der Waals surface area contributed by atoms with Crippen molar-refractivity contribution in [3.05, 3.63) is 60.2 Å². The highest BCUT2D eigenvalue weighted by Gasteiger charge is 2.18. The third kappa shape index (κ3) is 3.86. The Labute approximate surface area is 118 Å². The van der Waals surface area contributed by atoms with Gasteiger partial charge in [-0.1, -0.05) is 30.3 Å². The molecule has 1 aromatic carbocycles. The number of amides is 1. The van der Waals surface area contributed by atoms with Gasteiger partial charge in [-0.05, 0) is 5.56 Å². The van der Waals surface area contributed by atoms with E-state index in [-0.39, 0.29) is 5.91 Å². The Morgan fingerprint density at radius 1 is 1.30 bits per heavy atom. The molecule has 1 N–H and O–H groups in total. The van der Waals surface area contributed by atoms with Crippen molar-refractivity contribution in [2.75, 3.05) is 13.7 Å². The van der Waals surface area contributed by atoms with E-state index in [0.29, 0.717) is 13.0 Å². The van der Waals surface area contributed by atoms with E-state index < -0.39 is 6.10 Å². The molecule has 0 spiro atoms. The Morgan fingerprint density at radius 2 is 2.10 bits per heavy atom. The Morgan fingerprint density at radius 3 is 2.75 bits per heavy atom. The smallest absolute Gasteiger partial charge is 0.253 e. The van der Waals surface area contributed by atoms with E-state index in [4.69, 9.17) is 4.74 Å². The molecule has 0 aliphatic heterocycles. The molecule has 2 aromatic rings. The van der Waals surface area contributed by atoms with Gasteiger partial charge in [0, 0.05) is 38.7 Å². The number of rotatable bonds is 6. The van der Waals surface area contributed by atoms with E-state index in [0.717, 1.165) is 11.3 Å². The lowest BCUT2D eigenvalue weighted by atomic mass is 10.1. The minimum Gasteiger partial charge on any atom is -0.367 e. The molecule has 1 aromatic heterocycles. The van der Waals surface area contributed by atoms with Crippen LogP contribution in [-0.2, 0) is 16.0 Å². The van der Waals surface area contributed by atoms with Crippen LogP contribution in [0.25, 0.3) is 0 Å². The fraction of sp³-hybridized carbons (Fsp3) is 0.267. The van der Waals surface area contributed by atoms with Crippen molar-refractivity contribution < 1.29 is 9.53 Å². The molecule has 0 saturated heterocycles. The van der Waals surface area contributed by atoms with E-state index in [1.54, 1.807) is 18.6 Å². The summed E-state index contributed by atoms with van der Waals surface area (Å²) < 4.78 is 5.26. The van der Waals surface area contributed by atoms with Gasteiger partial charge >= 0.3 is 0 Å². The molecule has 5 heteroatoms. The van der Waals surface area contributed by atoms with Crippen molar-refractivity contribution in [2.45, 2.75) is 12.5 Å². The van der Waals surface area contributed by atoms with Crippen LogP contribution in [0.1, 0.15) is 17.4 Å². The van der Waals surface area contributed by atoms with E-state index in [2.05, 4.69) is 15.3 Å². The molecule has 0 aliphatic carbocycles. The third-order valence-electron chi connectivity index (χ3n) is 2.87. The van der Waals surface area contributed by atoms with E-state index >= 15 is 0 Å². The highest BCUT2D eigenvalue weighted by Crippen LogP contribution is 2.15. The highest BCUT2D eigenvalue weighted by molar-refractivity contribution is 5.82. The lowest BCUT2D eigenvalue weighted by Crippen LogP contribution is -2.32. The molecule has 1 amide bonds. The molecule has 1 atom stereocenters. The summed E-state index contributed by atoms with van der Waals surface area (Å²) in [6, 6.07) is 9.41. The number of hydrogen-bond donors (Lipinski definition) is 1. The zero-order valence-corrected chi connectivity index (χ0v) is 11.3. The van der Waals surface area contributed by atoms with Gasteiger partial charge < -0.3 is 10.1 Å². The standard InChI is InChI=1S/C15H17N3O2/c1-20-14(12-5-3-2-4-6-12)15(19)18-8-7-13-11-16-9-10-17-13/h2-6,9-11,14H,7-8H2,1H3,(H,18,19)/t14-/m0/s1. The van der Waals surface area contributed by atoms with Crippen molar-refractivity contribution >= 4 is 5.91 Å². The molecule has 0 saturated carbocycles. The number of nitrogens with zero attached hydrogens (tertiary/aromatic N) is 2. The van der Waals surface area contributed by atoms with Crippen molar-refractivity contribution in [1.82, 2.24) is 15.3 Å². The van der Waals surface area contributed by atoms with Crippen molar-refractivity contribution in [3.63, 3.8) is 0 Å². The first-order valence-corrected chi connectivity index (χ1v) is 6.41. The summed E-state index contributed by atoms with van der Waals surface area (Å²) >= 11 is 0. The van der Waals surface area contributed by atoms with Crippen LogP contribution in [0.5, 0.6) is 0 Å². The summed E-state index contributed by atoms with van der Waals surface area (Å²) in [5.41, 5.74) is 1.69. The largest absolute Gasteiger partial charge is 0.367 e. The van der Waals surface area contributed by atoms with Crippen molar-refractivity contribution in [2.24, 2.45) is 0 Å². The van der Waals surface area contributed by atoms with Crippen LogP contribution in [0.4, 0.5) is 0 Å². The first-order valence-electron chi connectivity index (χ1n) is 6.41. The fourth-order valence-corrected chi connectivity index (χ4v) is 1.89. The molecule has 0 bridgehead atoms. The van der Waals surface area contributed by atoms with Crippen LogP contribution in [0.15, 0.2) is 48.9 Å². The number of methoxy groups -OCH3 is 1. The van der Waals surface area contributed by atoms with E-state index in [1.165, 1.54) is 7.11 Å². The Balaban J connectivity index is 1.87. The summed E-state index contributed by atoms with van der Waals surface area (Å²) in [6.07, 6.45) is 5.01. The number of nitrogens with one attached hydrogen (secondary N) is 1. The number of benzene rings is 1. The molecule has 20 heavy (non-hydrogen) atoms. The van der Waals surface area contributed by atoms with Crippen LogP contribution >= 0.6 is 0 Å². The maximum atomic E-state index is 12.1. The van der Waals surface area contributed by atoms with Gasteiger partial charge in [-0.3, -0.25) is 14.8 Å². The second-order valence-corrected chi connectivity index (χ2v) is 4.26. The van der Waals surface area contributed by atoms with E-state index in [1.807, 2.05) is 30.3 Å². The predicted molar refractivity (Wildman–Crippen MR) is 74.9 cm³/mol. The maximum Gasteiger partial charge on any atom is 0.253 e. The maximum absolute atomic E-state index is 12.1. The molecule has 1 heterocycles. The van der Waals surface area contributed by atoms with Gasteiger partial charge in [0.05, 0.1) is 5.69 Å². The lowest BCUT2D eigenvalue weighted by Gasteiger charge is -2.15. The minimum absolute atomic E-state index is 0.150. The quantitative estimate of drug-likeness (QED) is 0.865. The zero-order valence-electron chi connectivity index (χ0n) is 11.3. The molecule has 104 valence electrons. The molecule has 0 radical (unpaired) electrons. The minimum atomic E-state index is -0.585. The molecule has 0 fully saturated rings. The van der Waals surface area contributed by atoms with Gasteiger partial charge in [0.2, 0.25) is 0 Å². The van der Waals surface area contributed by atoms with Crippen molar-refractivity contribution in [3.8, 4) is 0 Å². The molecular weight excluding hydrogens is 254 g/mol. The monoisotopic (exact) mass is 271 g/mol. The van der Waals surface area contributed by atoms with Crippen LogP contribution < -0.4 is 5.32 Å². The number of aromatic nitrogens is 2.